The summed E-state index contributed by atoms with van der Waals surface area (Å²) in [6.45, 7) is 12.7. The van der Waals surface area contributed by atoms with Crippen LogP contribution in [0.3, 0.4) is 0 Å². The maximum atomic E-state index is 12.6. The van der Waals surface area contributed by atoms with Gasteiger partial charge >= 0.3 is 0 Å². The van der Waals surface area contributed by atoms with E-state index in [4.69, 9.17) is 0 Å². The van der Waals surface area contributed by atoms with E-state index >= 15 is 0 Å². The molecule has 20 heavy (non-hydrogen) atoms. The molecule has 1 aliphatic heterocycles. The van der Waals surface area contributed by atoms with Crippen molar-refractivity contribution in [2.45, 2.75) is 72.1 Å². The quantitative estimate of drug-likeness (QED) is 0.742. The molecule has 0 spiro atoms. The van der Waals surface area contributed by atoms with Crippen LogP contribution in [0.2, 0.25) is 0 Å². The standard InChI is InChI=1S/C16H33N3O/c1-7-8-15-17-14(11-12(2)3)16(20)19(15)10-9-18(6)13(4)5/h12-15,17H,7-11H2,1-6H3. The van der Waals surface area contributed by atoms with E-state index in [1.54, 1.807) is 0 Å². The average molecular weight is 283 g/mol. The highest BCUT2D eigenvalue weighted by Crippen LogP contribution is 2.19. The van der Waals surface area contributed by atoms with Crippen molar-refractivity contribution < 1.29 is 4.79 Å². The van der Waals surface area contributed by atoms with E-state index in [-0.39, 0.29) is 12.2 Å². The number of carbonyl (C=O) groups is 1. The van der Waals surface area contributed by atoms with Crippen molar-refractivity contribution in [3.05, 3.63) is 0 Å². The lowest BCUT2D eigenvalue weighted by Gasteiger charge is -2.28. The van der Waals surface area contributed by atoms with Gasteiger partial charge in [-0.25, -0.2) is 0 Å². The number of hydrogen-bond donors (Lipinski definition) is 1. The van der Waals surface area contributed by atoms with Crippen LogP contribution >= 0.6 is 0 Å². The number of carbonyl (C=O) groups excluding carboxylic acids is 1. The first-order valence-electron chi connectivity index (χ1n) is 8.13. The van der Waals surface area contributed by atoms with E-state index in [9.17, 15) is 4.79 Å². The maximum Gasteiger partial charge on any atom is 0.241 e. The molecule has 1 saturated heterocycles. The average Bonchev–Trinajstić information content (AvgIpc) is 2.63. The first-order valence-corrected chi connectivity index (χ1v) is 8.13. The van der Waals surface area contributed by atoms with Crippen molar-refractivity contribution in [2.75, 3.05) is 20.1 Å². The molecule has 4 nitrogen and oxygen atoms in total. The molecular formula is C16H33N3O. The lowest BCUT2D eigenvalue weighted by Crippen LogP contribution is -2.42. The highest BCUT2D eigenvalue weighted by Gasteiger charge is 2.38. The fourth-order valence-electron chi connectivity index (χ4n) is 2.69. The van der Waals surface area contributed by atoms with Gasteiger partial charge in [-0.2, -0.15) is 0 Å². The third-order valence-electron chi connectivity index (χ3n) is 4.20. The Morgan fingerprint density at radius 3 is 2.45 bits per heavy atom. The fourth-order valence-corrected chi connectivity index (χ4v) is 2.69. The normalized spacial score (nSPS) is 23.6. The molecule has 1 N–H and O–H groups in total. The summed E-state index contributed by atoms with van der Waals surface area (Å²) < 4.78 is 0. The number of amides is 1. The van der Waals surface area contributed by atoms with E-state index in [0.29, 0.717) is 17.9 Å². The number of nitrogens with zero attached hydrogens (tertiary/aromatic N) is 2. The first-order chi connectivity index (χ1) is 9.36. The SMILES string of the molecule is CCCC1NC(CC(C)C)C(=O)N1CCN(C)C(C)C. The molecule has 118 valence electrons. The van der Waals surface area contributed by atoms with E-state index in [1.807, 2.05) is 0 Å². The van der Waals surface area contributed by atoms with Gasteiger partial charge in [-0.1, -0.05) is 27.2 Å². The molecule has 1 amide bonds. The van der Waals surface area contributed by atoms with Crippen molar-refractivity contribution in [1.82, 2.24) is 15.1 Å². The summed E-state index contributed by atoms with van der Waals surface area (Å²) in [5, 5.41) is 3.53. The molecule has 0 aliphatic carbocycles. The molecule has 0 bridgehead atoms. The number of likely N-dealkylation sites (N-methyl/N-ethyl adjacent to an activating group) is 1. The Morgan fingerprint density at radius 2 is 1.95 bits per heavy atom. The van der Waals surface area contributed by atoms with Gasteiger partial charge < -0.3 is 9.80 Å². The Labute approximate surface area is 124 Å². The van der Waals surface area contributed by atoms with Crippen LogP contribution in [0.4, 0.5) is 0 Å². The second-order valence-corrected chi connectivity index (χ2v) is 6.76. The van der Waals surface area contributed by atoms with Crippen molar-refractivity contribution >= 4 is 5.91 Å². The molecule has 0 aromatic rings. The molecule has 1 aliphatic rings. The Balaban J connectivity index is 2.62. The zero-order valence-electron chi connectivity index (χ0n) is 14.1. The van der Waals surface area contributed by atoms with Crippen LogP contribution in [-0.2, 0) is 4.79 Å². The van der Waals surface area contributed by atoms with Crippen LogP contribution in [0.25, 0.3) is 0 Å². The molecular weight excluding hydrogens is 250 g/mol. The summed E-state index contributed by atoms with van der Waals surface area (Å²) in [5.74, 6) is 0.853. The molecule has 1 rings (SSSR count). The molecule has 4 heteroatoms. The first kappa shape index (κ1) is 17.4. The minimum absolute atomic E-state index is 0.0240. The maximum absolute atomic E-state index is 12.6. The summed E-state index contributed by atoms with van der Waals surface area (Å²) in [6.07, 6.45) is 3.33. The zero-order valence-corrected chi connectivity index (χ0v) is 14.1. The molecule has 0 aromatic heterocycles. The lowest BCUT2D eigenvalue weighted by atomic mass is 10.0. The van der Waals surface area contributed by atoms with Gasteiger partial charge in [-0.3, -0.25) is 10.1 Å². The van der Waals surface area contributed by atoms with Crippen LogP contribution < -0.4 is 5.32 Å². The molecule has 0 radical (unpaired) electrons. The predicted octanol–water partition coefficient (Wildman–Crippen LogP) is 2.30. The number of hydrogen-bond acceptors (Lipinski definition) is 3. The number of nitrogens with one attached hydrogen (secondary N) is 1. The minimum Gasteiger partial charge on any atom is -0.325 e. The molecule has 2 unspecified atom stereocenters. The van der Waals surface area contributed by atoms with Crippen molar-refractivity contribution in [1.29, 1.82) is 0 Å². The van der Waals surface area contributed by atoms with Crippen molar-refractivity contribution in [3.8, 4) is 0 Å². The summed E-state index contributed by atoms with van der Waals surface area (Å²) in [7, 11) is 2.12. The second kappa shape index (κ2) is 7.99. The largest absolute Gasteiger partial charge is 0.325 e. The van der Waals surface area contributed by atoms with Gasteiger partial charge in [0.15, 0.2) is 0 Å². The van der Waals surface area contributed by atoms with Crippen LogP contribution in [0.15, 0.2) is 0 Å². The van der Waals surface area contributed by atoms with E-state index < -0.39 is 0 Å². The minimum atomic E-state index is 0.0240. The summed E-state index contributed by atoms with van der Waals surface area (Å²) in [6, 6.07) is 0.549. The van der Waals surface area contributed by atoms with Gasteiger partial charge in [0.1, 0.15) is 0 Å². The molecule has 1 fully saturated rings. The van der Waals surface area contributed by atoms with Crippen LogP contribution in [0.1, 0.15) is 53.9 Å². The van der Waals surface area contributed by atoms with Gasteiger partial charge in [0, 0.05) is 19.1 Å². The van der Waals surface area contributed by atoms with Crippen LogP contribution in [-0.4, -0.2) is 54.1 Å². The van der Waals surface area contributed by atoms with Crippen LogP contribution in [0, 0.1) is 5.92 Å². The molecule has 2 atom stereocenters. The summed E-state index contributed by atoms with van der Waals surface area (Å²) >= 11 is 0. The monoisotopic (exact) mass is 283 g/mol. The lowest BCUT2D eigenvalue weighted by molar-refractivity contribution is -0.130. The second-order valence-electron chi connectivity index (χ2n) is 6.76. The van der Waals surface area contributed by atoms with Gasteiger partial charge in [-0.15, -0.1) is 0 Å². The van der Waals surface area contributed by atoms with Crippen LogP contribution in [0.5, 0.6) is 0 Å². The van der Waals surface area contributed by atoms with E-state index in [1.165, 1.54) is 0 Å². The van der Waals surface area contributed by atoms with Gasteiger partial charge in [0.25, 0.3) is 0 Å². The summed E-state index contributed by atoms with van der Waals surface area (Å²) in [4.78, 5) is 16.9. The Bertz CT molecular complexity index is 304. The van der Waals surface area contributed by atoms with Crippen molar-refractivity contribution in [3.63, 3.8) is 0 Å². The highest BCUT2D eigenvalue weighted by molar-refractivity contribution is 5.84. The van der Waals surface area contributed by atoms with E-state index in [0.717, 1.165) is 32.4 Å². The van der Waals surface area contributed by atoms with Gasteiger partial charge in [0.2, 0.25) is 5.91 Å². The fraction of sp³-hybridized carbons (Fsp3) is 0.938. The molecule has 0 saturated carbocycles. The topological polar surface area (TPSA) is 35.6 Å². The highest BCUT2D eigenvalue weighted by atomic mass is 16.2. The van der Waals surface area contributed by atoms with E-state index in [2.05, 4.69) is 56.8 Å². The smallest absolute Gasteiger partial charge is 0.241 e. The molecule has 1 heterocycles. The van der Waals surface area contributed by atoms with Crippen molar-refractivity contribution in [2.24, 2.45) is 5.92 Å². The molecule has 0 aromatic carbocycles. The Hall–Kier alpha value is -0.610. The Kier molecular flexibility index (Phi) is 6.96. The third-order valence-corrected chi connectivity index (χ3v) is 4.20. The van der Waals surface area contributed by atoms with Gasteiger partial charge in [0.05, 0.1) is 12.2 Å². The summed E-state index contributed by atoms with van der Waals surface area (Å²) in [5.41, 5.74) is 0. The Morgan fingerprint density at radius 1 is 1.30 bits per heavy atom. The third kappa shape index (κ3) is 4.74. The van der Waals surface area contributed by atoms with Gasteiger partial charge in [-0.05, 0) is 39.7 Å². The number of rotatable bonds is 8. The predicted molar refractivity (Wildman–Crippen MR) is 84.6 cm³/mol. The zero-order chi connectivity index (χ0) is 15.3.